The van der Waals surface area contributed by atoms with Crippen LogP contribution in [0.3, 0.4) is 0 Å². The van der Waals surface area contributed by atoms with Gasteiger partial charge in [-0.05, 0) is 38.1 Å². The zero-order chi connectivity index (χ0) is 15.7. The first-order valence-electron chi connectivity index (χ1n) is 5.51. The average molecular weight is 324 g/mol. The van der Waals surface area contributed by atoms with Gasteiger partial charge in [0.05, 0.1) is 0 Å². The summed E-state index contributed by atoms with van der Waals surface area (Å²) >= 11 is 0. The molecule has 0 fully saturated rings. The van der Waals surface area contributed by atoms with E-state index in [1.807, 2.05) is 0 Å². The van der Waals surface area contributed by atoms with Crippen molar-refractivity contribution in [3.63, 3.8) is 0 Å². The molecule has 0 aromatic heterocycles. The van der Waals surface area contributed by atoms with E-state index >= 15 is 0 Å². The van der Waals surface area contributed by atoms with Crippen LogP contribution in [0.4, 0.5) is 11.4 Å². The molecule has 1 aromatic carbocycles. The highest BCUT2D eigenvalue weighted by molar-refractivity contribution is 7.87. The van der Waals surface area contributed by atoms with Crippen LogP contribution < -0.4 is 10.6 Å². The van der Waals surface area contributed by atoms with Crippen LogP contribution in [0.2, 0.25) is 0 Å². The number of hydrogen-bond acceptors (Lipinski definition) is 6. The van der Waals surface area contributed by atoms with Crippen LogP contribution in [0.25, 0.3) is 0 Å². The second kappa shape index (κ2) is 5.56. The van der Waals surface area contributed by atoms with E-state index in [0.717, 1.165) is 18.7 Å². The van der Waals surface area contributed by atoms with Gasteiger partial charge in [-0.2, -0.15) is 16.8 Å². The van der Waals surface area contributed by atoms with Gasteiger partial charge in [-0.25, -0.2) is 0 Å². The van der Waals surface area contributed by atoms with Gasteiger partial charge in [0.25, 0.3) is 20.2 Å². The van der Waals surface area contributed by atoms with E-state index in [1.165, 1.54) is 24.3 Å². The maximum atomic E-state index is 11.3. The summed E-state index contributed by atoms with van der Waals surface area (Å²) in [5, 5.41) is -3.13. The monoisotopic (exact) mass is 324 g/mol. The molecule has 0 heterocycles. The highest BCUT2D eigenvalue weighted by Gasteiger charge is 2.35. The van der Waals surface area contributed by atoms with Crippen molar-refractivity contribution >= 4 is 31.6 Å². The summed E-state index contributed by atoms with van der Waals surface area (Å²) < 4.78 is 63.3. The lowest BCUT2D eigenvalue weighted by atomic mass is 10.2. The average Bonchev–Trinajstić information content (AvgIpc) is 2.29. The molecule has 0 spiro atoms. The van der Waals surface area contributed by atoms with E-state index in [4.69, 9.17) is 14.8 Å². The third-order valence-electron chi connectivity index (χ3n) is 2.84. The van der Waals surface area contributed by atoms with E-state index in [0.29, 0.717) is 5.69 Å². The maximum absolute atomic E-state index is 11.3. The zero-order valence-corrected chi connectivity index (χ0v) is 12.5. The third kappa shape index (κ3) is 3.82. The SMILES string of the molecule is CC(N(c1ccc(N)cc1)C(C)S(=O)(=O)O)S(=O)(=O)O. The molecule has 0 aliphatic heterocycles. The van der Waals surface area contributed by atoms with Crippen molar-refractivity contribution in [3.05, 3.63) is 24.3 Å². The Balaban J connectivity index is 3.39. The molecule has 0 saturated heterocycles. The van der Waals surface area contributed by atoms with Gasteiger partial charge in [-0.3, -0.25) is 9.11 Å². The van der Waals surface area contributed by atoms with Crippen LogP contribution in [0.1, 0.15) is 13.8 Å². The molecule has 0 aliphatic rings. The van der Waals surface area contributed by atoms with Gasteiger partial charge >= 0.3 is 0 Å². The molecule has 1 rings (SSSR count). The Hall–Kier alpha value is -1.36. The first kappa shape index (κ1) is 16.7. The van der Waals surface area contributed by atoms with Gasteiger partial charge in [-0.15, -0.1) is 0 Å². The normalized spacial score (nSPS) is 15.6. The van der Waals surface area contributed by atoms with Crippen LogP contribution in [0.5, 0.6) is 0 Å². The fourth-order valence-electron chi connectivity index (χ4n) is 1.65. The molecule has 2 atom stereocenters. The Morgan fingerprint density at radius 3 is 1.60 bits per heavy atom. The smallest absolute Gasteiger partial charge is 0.286 e. The summed E-state index contributed by atoms with van der Waals surface area (Å²) in [5.74, 6) is 0. The van der Waals surface area contributed by atoms with E-state index < -0.39 is 31.0 Å². The molecule has 114 valence electrons. The first-order chi connectivity index (χ1) is 8.94. The lowest BCUT2D eigenvalue weighted by molar-refractivity contribution is 0.452. The Labute approximate surface area is 117 Å². The summed E-state index contributed by atoms with van der Waals surface area (Å²) in [6.45, 7) is 2.21. The molecule has 1 aromatic rings. The van der Waals surface area contributed by atoms with Crippen LogP contribution in [0.15, 0.2) is 24.3 Å². The van der Waals surface area contributed by atoms with E-state index in [2.05, 4.69) is 0 Å². The topological polar surface area (TPSA) is 138 Å². The minimum absolute atomic E-state index is 0.175. The number of anilines is 2. The lowest BCUT2D eigenvalue weighted by Crippen LogP contribution is -2.48. The molecular weight excluding hydrogens is 308 g/mol. The van der Waals surface area contributed by atoms with Crippen molar-refractivity contribution in [2.24, 2.45) is 0 Å². The molecular formula is C10H16N2O6S2. The molecule has 10 heteroatoms. The summed E-state index contributed by atoms with van der Waals surface area (Å²) in [4.78, 5) is 0.865. The summed E-state index contributed by atoms with van der Waals surface area (Å²) in [6, 6.07) is 5.66. The fraction of sp³-hybridized carbons (Fsp3) is 0.400. The van der Waals surface area contributed by atoms with Crippen LogP contribution in [-0.2, 0) is 20.2 Å². The van der Waals surface area contributed by atoms with Crippen LogP contribution in [0, 0.1) is 0 Å². The molecule has 2 unspecified atom stereocenters. The second-order valence-electron chi connectivity index (χ2n) is 4.23. The number of nitrogens with two attached hydrogens (primary N) is 1. The summed E-state index contributed by atoms with van der Waals surface area (Å²) in [7, 11) is -9.09. The van der Waals surface area contributed by atoms with Gasteiger partial charge < -0.3 is 10.6 Å². The van der Waals surface area contributed by atoms with Gasteiger partial charge in [0.1, 0.15) is 0 Å². The van der Waals surface area contributed by atoms with Crippen molar-refractivity contribution in [3.8, 4) is 0 Å². The fourth-order valence-corrected chi connectivity index (χ4v) is 2.91. The zero-order valence-electron chi connectivity index (χ0n) is 10.8. The van der Waals surface area contributed by atoms with Crippen LogP contribution >= 0.6 is 0 Å². The predicted octanol–water partition coefficient (Wildman–Crippen LogP) is 0.543. The number of nitrogens with zero attached hydrogens (tertiary/aromatic N) is 1. The van der Waals surface area contributed by atoms with E-state index in [-0.39, 0.29) is 5.69 Å². The van der Waals surface area contributed by atoms with Crippen molar-refractivity contribution < 1.29 is 25.9 Å². The maximum Gasteiger partial charge on any atom is 0.286 e. The number of hydrogen-bond donors (Lipinski definition) is 3. The molecule has 8 nitrogen and oxygen atoms in total. The predicted molar refractivity (Wildman–Crippen MR) is 75.4 cm³/mol. The molecule has 4 N–H and O–H groups in total. The van der Waals surface area contributed by atoms with Crippen molar-refractivity contribution in [1.29, 1.82) is 0 Å². The van der Waals surface area contributed by atoms with Gasteiger partial charge in [-0.1, -0.05) is 0 Å². The first-order valence-corrected chi connectivity index (χ1v) is 8.51. The molecule has 0 bridgehead atoms. The third-order valence-corrected chi connectivity index (χ3v) is 5.02. The standard InChI is InChI=1S/C10H16N2O6S2/c1-7(19(13,14)15)12(8(2)20(16,17)18)10-5-3-9(11)4-6-10/h3-8H,11H2,1-2H3,(H,13,14,15)(H,16,17,18). The summed E-state index contributed by atoms with van der Waals surface area (Å²) in [5.41, 5.74) is 6.07. The van der Waals surface area contributed by atoms with Crippen molar-refractivity contribution in [1.82, 2.24) is 0 Å². The Kier molecular flexibility index (Phi) is 4.64. The molecule has 0 aliphatic carbocycles. The lowest BCUT2D eigenvalue weighted by Gasteiger charge is -2.33. The van der Waals surface area contributed by atoms with Crippen molar-refractivity contribution in [2.75, 3.05) is 10.6 Å². The molecule has 0 amide bonds. The number of rotatable bonds is 5. The van der Waals surface area contributed by atoms with Gasteiger partial charge in [0.15, 0.2) is 10.7 Å². The molecule has 0 saturated carbocycles. The Morgan fingerprint density at radius 2 is 1.30 bits per heavy atom. The van der Waals surface area contributed by atoms with Crippen LogP contribution in [-0.4, -0.2) is 36.7 Å². The highest BCUT2D eigenvalue weighted by Crippen LogP contribution is 2.25. The largest absolute Gasteiger partial charge is 0.399 e. The summed E-state index contributed by atoms with van der Waals surface area (Å²) in [6.07, 6.45) is 0. The molecule has 20 heavy (non-hydrogen) atoms. The highest BCUT2D eigenvalue weighted by atomic mass is 32.2. The Bertz CT molecular complexity index is 630. The quantitative estimate of drug-likeness (QED) is 0.527. The number of nitrogen functional groups attached to an aromatic ring is 1. The number of benzene rings is 1. The van der Waals surface area contributed by atoms with E-state index in [9.17, 15) is 16.8 Å². The minimum atomic E-state index is -4.55. The second-order valence-corrected chi connectivity index (χ2v) is 7.65. The minimum Gasteiger partial charge on any atom is -0.399 e. The van der Waals surface area contributed by atoms with Gasteiger partial charge in [0, 0.05) is 11.4 Å². The van der Waals surface area contributed by atoms with E-state index in [1.54, 1.807) is 0 Å². The Morgan fingerprint density at radius 1 is 0.950 bits per heavy atom. The van der Waals surface area contributed by atoms with Crippen molar-refractivity contribution in [2.45, 2.75) is 24.6 Å². The van der Waals surface area contributed by atoms with Gasteiger partial charge in [0.2, 0.25) is 0 Å². The molecule has 0 radical (unpaired) electrons.